The fourth-order valence-corrected chi connectivity index (χ4v) is 2.00. The lowest BCUT2D eigenvalue weighted by Crippen LogP contribution is -2.09. The first kappa shape index (κ1) is 13.5. The van der Waals surface area contributed by atoms with Crippen LogP contribution in [0.1, 0.15) is 24.1 Å². The molecule has 19 heavy (non-hydrogen) atoms. The Morgan fingerprint density at radius 2 is 1.79 bits per heavy atom. The molecule has 0 saturated carbocycles. The molecule has 0 aliphatic carbocycles. The van der Waals surface area contributed by atoms with Gasteiger partial charge < -0.3 is 5.32 Å². The average Bonchev–Trinajstić information content (AvgIpc) is 2.31. The fraction of sp³-hybridized carbons (Fsp3) is 0.200. The predicted molar refractivity (Wildman–Crippen MR) is 69.5 cm³/mol. The number of aryl methyl sites for hydroxylation is 1. The van der Waals surface area contributed by atoms with E-state index in [-0.39, 0.29) is 11.4 Å². The maximum Gasteiger partial charge on any atom is 0.164 e. The third-order valence-electron chi connectivity index (χ3n) is 2.87. The molecule has 4 heteroatoms. The van der Waals surface area contributed by atoms with Gasteiger partial charge in [-0.2, -0.15) is 0 Å². The summed E-state index contributed by atoms with van der Waals surface area (Å²) in [6.45, 7) is 3.46. The summed E-state index contributed by atoms with van der Waals surface area (Å²) in [5, 5.41) is 2.96. The molecule has 0 radical (unpaired) electrons. The summed E-state index contributed by atoms with van der Waals surface area (Å²) < 4.78 is 40.0. The molecule has 1 atom stereocenters. The van der Waals surface area contributed by atoms with Crippen LogP contribution in [-0.4, -0.2) is 0 Å². The molecule has 1 N–H and O–H groups in total. The lowest BCUT2D eigenvalue weighted by atomic mass is 10.1. The van der Waals surface area contributed by atoms with E-state index in [2.05, 4.69) is 5.32 Å². The van der Waals surface area contributed by atoms with E-state index in [1.54, 1.807) is 19.9 Å². The van der Waals surface area contributed by atoms with Crippen LogP contribution in [0.3, 0.4) is 0 Å². The summed E-state index contributed by atoms with van der Waals surface area (Å²) in [4.78, 5) is 0. The highest BCUT2D eigenvalue weighted by molar-refractivity contribution is 5.48. The number of anilines is 1. The molecule has 1 unspecified atom stereocenters. The van der Waals surface area contributed by atoms with Crippen molar-refractivity contribution in [2.45, 2.75) is 19.9 Å². The molecule has 0 aliphatic rings. The van der Waals surface area contributed by atoms with Crippen molar-refractivity contribution in [2.24, 2.45) is 0 Å². The molecule has 2 aromatic rings. The van der Waals surface area contributed by atoms with Crippen LogP contribution >= 0.6 is 0 Å². The highest BCUT2D eigenvalue weighted by Gasteiger charge is 2.14. The Hall–Kier alpha value is -1.97. The normalized spacial score (nSPS) is 12.3. The van der Waals surface area contributed by atoms with Crippen LogP contribution in [0.15, 0.2) is 36.4 Å². The molecule has 1 nitrogen and oxygen atoms in total. The van der Waals surface area contributed by atoms with Crippen molar-refractivity contribution in [1.82, 2.24) is 0 Å². The standard InChI is InChI=1S/C15H14F3N/c1-9-6-11(16)8-12(7-9)19-10(2)13-4-3-5-14(17)15(13)18/h3-8,10,19H,1-2H3. The fourth-order valence-electron chi connectivity index (χ4n) is 2.00. The molecule has 2 aromatic carbocycles. The van der Waals surface area contributed by atoms with Crippen LogP contribution in [0.25, 0.3) is 0 Å². The number of nitrogens with one attached hydrogen (secondary N) is 1. The van der Waals surface area contributed by atoms with Crippen molar-refractivity contribution < 1.29 is 13.2 Å². The van der Waals surface area contributed by atoms with Gasteiger partial charge in [0.15, 0.2) is 11.6 Å². The second-order valence-corrected chi connectivity index (χ2v) is 4.53. The van der Waals surface area contributed by atoms with Crippen molar-refractivity contribution in [3.8, 4) is 0 Å². The average molecular weight is 265 g/mol. The summed E-state index contributed by atoms with van der Waals surface area (Å²) in [7, 11) is 0. The van der Waals surface area contributed by atoms with Crippen molar-refractivity contribution >= 4 is 5.69 Å². The summed E-state index contributed by atoms with van der Waals surface area (Å²) >= 11 is 0. The van der Waals surface area contributed by atoms with Crippen LogP contribution < -0.4 is 5.32 Å². The number of hydrogen-bond acceptors (Lipinski definition) is 1. The van der Waals surface area contributed by atoms with Crippen LogP contribution in [-0.2, 0) is 0 Å². The number of hydrogen-bond donors (Lipinski definition) is 1. The van der Waals surface area contributed by atoms with Gasteiger partial charge in [-0.15, -0.1) is 0 Å². The smallest absolute Gasteiger partial charge is 0.164 e. The quantitative estimate of drug-likeness (QED) is 0.856. The molecule has 0 bridgehead atoms. The summed E-state index contributed by atoms with van der Waals surface area (Å²) in [6.07, 6.45) is 0. The van der Waals surface area contributed by atoms with Crippen LogP contribution in [0.4, 0.5) is 18.9 Å². The zero-order valence-electron chi connectivity index (χ0n) is 10.7. The lowest BCUT2D eigenvalue weighted by molar-refractivity contribution is 0.494. The number of benzene rings is 2. The van der Waals surface area contributed by atoms with Gasteiger partial charge in [0.1, 0.15) is 5.82 Å². The summed E-state index contributed by atoms with van der Waals surface area (Å²) in [5.74, 6) is -2.13. The Kier molecular flexibility index (Phi) is 3.79. The SMILES string of the molecule is Cc1cc(F)cc(NC(C)c2cccc(F)c2F)c1. The number of rotatable bonds is 3. The molecule has 0 aliphatic heterocycles. The van der Waals surface area contributed by atoms with E-state index in [1.807, 2.05) is 0 Å². The maximum atomic E-state index is 13.6. The zero-order valence-corrected chi connectivity index (χ0v) is 10.7. The van der Waals surface area contributed by atoms with Gasteiger partial charge in [0, 0.05) is 11.3 Å². The minimum absolute atomic E-state index is 0.210. The Labute approximate surface area is 110 Å². The van der Waals surface area contributed by atoms with Gasteiger partial charge in [-0.1, -0.05) is 12.1 Å². The van der Waals surface area contributed by atoms with Gasteiger partial charge >= 0.3 is 0 Å². The second-order valence-electron chi connectivity index (χ2n) is 4.53. The van der Waals surface area contributed by atoms with Gasteiger partial charge in [-0.25, -0.2) is 13.2 Å². The van der Waals surface area contributed by atoms with Crippen molar-refractivity contribution in [2.75, 3.05) is 5.32 Å². The summed E-state index contributed by atoms with van der Waals surface area (Å²) in [6, 6.07) is 8.02. The molecule has 100 valence electrons. The van der Waals surface area contributed by atoms with E-state index in [0.717, 1.165) is 11.6 Å². The zero-order chi connectivity index (χ0) is 14.0. The monoisotopic (exact) mass is 265 g/mol. The molecule has 0 saturated heterocycles. The Morgan fingerprint density at radius 3 is 2.47 bits per heavy atom. The third-order valence-corrected chi connectivity index (χ3v) is 2.87. The molecule has 2 rings (SSSR count). The molecule has 0 spiro atoms. The second kappa shape index (κ2) is 5.34. The Morgan fingerprint density at radius 1 is 1.05 bits per heavy atom. The Bertz CT molecular complexity index is 576. The number of halogens is 3. The van der Waals surface area contributed by atoms with Crippen LogP contribution in [0.5, 0.6) is 0 Å². The molecular weight excluding hydrogens is 251 g/mol. The summed E-state index contributed by atoms with van der Waals surface area (Å²) in [5.41, 5.74) is 1.50. The van der Waals surface area contributed by atoms with Gasteiger partial charge in [0.25, 0.3) is 0 Å². The first-order chi connectivity index (χ1) is 8.97. The van der Waals surface area contributed by atoms with E-state index in [9.17, 15) is 13.2 Å². The predicted octanol–water partition coefficient (Wildman–Crippen LogP) is 4.59. The van der Waals surface area contributed by atoms with Crippen LogP contribution in [0.2, 0.25) is 0 Å². The van der Waals surface area contributed by atoms with Gasteiger partial charge in [-0.3, -0.25) is 0 Å². The van der Waals surface area contributed by atoms with Gasteiger partial charge in [0.05, 0.1) is 6.04 Å². The van der Waals surface area contributed by atoms with E-state index in [1.165, 1.54) is 24.3 Å². The van der Waals surface area contributed by atoms with Gasteiger partial charge in [-0.05, 0) is 43.7 Å². The Balaban J connectivity index is 2.25. The highest BCUT2D eigenvalue weighted by Crippen LogP contribution is 2.24. The van der Waals surface area contributed by atoms with Crippen molar-refractivity contribution in [1.29, 1.82) is 0 Å². The largest absolute Gasteiger partial charge is 0.378 e. The molecule has 0 aromatic heterocycles. The van der Waals surface area contributed by atoms with E-state index >= 15 is 0 Å². The van der Waals surface area contributed by atoms with E-state index in [4.69, 9.17) is 0 Å². The molecule has 0 heterocycles. The third kappa shape index (κ3) is 3.08. The van der Waals surface area contributed by atoms with E-state index in [0.29, 0.717) is 5.69 Å². The topological polar surface area (TPSA) is 12.0 Å². The highest BCUT2D eigenvalue weighted by atomic mass is 19.2. The minimum atomic E-state index is -0.887. The van der Waals surface area contributed by atoms with Crippen LogP contribution in [0, 0.1) is 24.4 Å². The first-order valence-corrected chi connectivity index (χ1v) is 5.95. The molecular formula is C15H14F3N. The molecule has 0 fully saturated rings. The molecule has 0 amide bonds. The van der Waals surface area contributed by atoms with E-state index < -0.39 is 17.7 Å². The van der Waals surface area contributed by atoms with Crippen molar-refractivity contribution in [3.05, 3.63) is 65.0 Å². The minimum Gasteiger partial charge on any atom is -0.378 e. The van der Waals surface area contributed by atoms with Crippen molar-refractivity contribution in [3.63, 3.8) is 0 Å². The van der Waals surface area contributed by atoms with Gasteiger partial charge in [0.2, 0.25) is 0 Å². The lowest BCUT2D eigenvalue weighted by Gasteiger charge is -2.17. The maximum absolute atomic E-state index is 13.6. The first-order valence-electron chi connectivity index (χ1n) is 5.95.